The van der Waals surface area contributed by atoms with E-state index in [9.17, 15) is 24.3 Å². The van der Waals surface area contributed by atoms with Crippen molar-refractivity contribution in [2.75, 3.05) is 6.54 Å². The van der Waals surface area contributed by atoms with Crippen molar-refractivity contribution in [1.29, 1.82) is 0 Å². The Kier molecular flexibility index (Phi) is 9.98. The molecule has 0 radical (unpaired) electrons. The van der Waals surface area contributed by atoms with Crippen molar-refractivity contribution in [3.05, 3.63) is 35.9 Å². The molecular formula is C22H33N3O6. The van der Waals surface area contributed by atoms with Crippen molar-refractivity contribution in [2.45, 2.75) is 65.1 Å². The van der Waals surface area contributed by atoms with Gasteiger partial charge in [0.2, 0.25) is 11.8 Å². The average molecular weight is 436 g/mol. The maximum atomic E-state index is 12.7. The largest absolute Gasteiger partial charge is 0.480 e. The number of carboxylic acids is 1. The zero-order valence-corrected chi connectivity index (χ0v) is 18.7. The minimum absolute atomic E-state index is 0.0623. The molecule has 1 rings (SSSR count). The van der Waals surface area contributed by atoms with Gasteiger partial charge in [0.1, 0.15) is 24.2 Å². The topological polar surface area (TPSA) is 134 Å². The van der Waals surface area contributed by atoms with E-state index >= 15 is 0 Å². The molecule has 0 saturated heterocycles. The molecule has 1 aromatic carbocycles. The number of rotatable bonds is 10. The number of hydrogen-bond donors (Lipinski definition) is 4. The summed E-state index contributed by atoms with van der Waals surface area (Å²) in [7, 11) is 0. The molecule has 0 fully saturated rings. The lowest BCUT2D eigenvalue weighted by Gasteiger charge is -2.23. The normalized spacial score (nSPS) is 13.1. The van der Waals surface area contributed by atoms with Gasteiger partial charge in [-0.2, -0.15) is 0 Å². The second-order valence-electron chi connectivity index (χ2n) is 8.69. The van der Waals surface area contributed by atoms with Crippen LogP contribution in [0, 0.1) is 5.92 Å². The van der Waals surface area contributed by atoms with E-state index in [2.05, 4.69) is 16.0 Å². The molecule has 0 bridgehead atoms. The predicted molar refractivity (Wildman–Crippen MR) is 115 cm³/mol. The number of ether oxygens (including phenoxy) is 1. The summed E-state index contributed by atoms with van der Waals surface area (Å²) in [6.07, 6.45) is -0.326. The molecule has 3 amide bonds. The highest BCUT2D eigenvalue weighted by atomic mass is 16.6. The standard InChI is InChI=1S/C22H33N3O6/c1-14(2)11-16(24-18(26)13-23-21(30)31-22(3,4)5)19(27)25-17(20(28)29)12-15-9-7-6-8-10-15/h6-10,14,16-17H,11-13H2,1-5H3,(H,23,30)(H,24,26)(H,25,27)(H,28,29). The summed E-state index contributed by atoms with van der Waals surface area (Å²) in [5.41, 5.74) is 0.0619. The van der Waals surface area contributed by atoms with Crippen LogP contribution in [0.25, 0.3) is 0 Å². The van der Waals surface area contributed by atoms with Crippen molar-refractivity contribution in [3.8, 4) is 0 Å². The molecule has 9 heteroatoms. The number of alkyl carbamates (subject to hydrolysis) is 1. The van der Waals surface area contributed by atoms with Crippen LogP contribution in [0.1, 0.15) is 46.6 Å². The third-order valence-corrected chi connectivity index (χ3v) is 4.05. The lowest BCUT2D eigenvalue weighted by Crippen LogP contribution is -2.54. The SMILES string of the molecule is CC(C)CC(NC(=O)CNC(=O)OC(C)(C)C)C(=O)NC(Cc1ccccc1)C(=O)O. The first-order valence-corrected chi connectivity index (χ1v) is 10.2. The fourth-order valence-corrected chi connectivity index (χ4v) is 2.74. The lowest BCUT2D eigenvalue weighted by molar-refractivity contribution is -0.142. The molecule has 0 aliphatic carbocycles. The van der Waals surface area contributed by atoms with Gasteiger partial charge in [0.15, 0.2) is 0 Å². The Balaban J connectivity index is 2.73. The minimum Gasteiger partial charge on any atom is -0.480 e. The van der Waals surface area contributed by atoms with E-state index in [1.165, 1.54) is 0 Å². The van der Waals surface area contributed by atoms with Crippen molar-refractivity contribution in [3.63, 3.8) is 0 Å². The zero-order chi connectivity index (χ0) is 23.6. The van der Waals surface area contributed by atoms with Crippen LogP contribution in [0.2, 0.25) is 0 Å². The molecule has 2 atom stereocenters. The molecule has 0 aliphatic heterocycles. The van der Waals surface area contributed by atoms with Gasteiger partial charge < -0.3 is 25.8 Å². The molecule has 172 valence electrons. The van der Waals surface area contributed by atoms with Gasteiger partial charge in [-0.15, -0.1) is 0 Å². The highest BCUT2D eigenvalue weighted by molar-refractivity contribution is 5.91. The molecule has 9 nitrogen and oxygen atoms in total. The summed E-state index contributed by atoms with van der Waals surface area (Å²) in [5, 5.41) is 16.9. The average Bonchev–Trinajstić information content (AvgIpc) is 2.64. The molecule has 0 aliphatic rings. The fraction of sp³-hybridized carbons (Fsp3) is 0.545. The zero-order valence-electron chi connectivity index (χ0n) is 18.7. The van der Waals surface area contributed by atoms with Crippen LogP contribution in [-0.2, 0) is 25.5 Å². The third-order valence-electron chi connectivity index (χ3n) is 4.05. The number of aliphatic carboxylic acids is 1. The van der Waals surface area contributed by atoms with Crippen LogP contribution in [0.4, 0.5) is 4.79 Å². The van der Waals surface area contributed by atoms with E-state index < -0.39 is 41.6 Å². The van der Waals surface area contributed by atoms with Crippen LogP contribution >= 0.6 is 0 Å². The van der Waals surface area contributed by atoms with Crippen LogP contribution in [0.3, 0.4) is 0 Å². The second kappa shape index (κ2) is 11.9. The Morgan fingerprint density at radius 2 is 1.61 bits per heavy atom. The first kappa shape index (κ1) is 25.9. The number of hydrogen-bond acceptors (Lipinski definition) is 5. The molecular weight excluding hydrogens is 402 g/mol. The Labute approximate surface area is 182 Å². The first-order valence-electron chi connectivity index (χ1n) is 10.2. The van der Waals surface area contributed by atoms with Gasteiger partial charge in [-0.3, -0.25) is 9.59 Å². The summed E-state index contributed by atoms with van der Waals surface area (Å²) in [4.78, 5) is 48.3. The maximum absolute atomic E-state index is 12.7. The molecule has 1 aromatic rings. The van der Waals surface area contributed by atoms with Crippen LogP contribution in [0.15, 0.2) is 30.3 Å². The van der Waals surface area contributed by atoms with Crippen LogP contribution in [-0.4, -0.2) is 53.2 Å². The fourth-order valence-electron chi connectivity index (χ4n) is 2.74. The van der Waals surface area contributed by atoms with Gasteiger partial charge in [-0.05, 0) is 38.7 Å². The Bertz CT molecular complexity index is 758. The maximum Gasteiger partial charge on any atom is 0.408 e. The van der Waals surface area contributed by atoms with Crippen LogP contribution in [0.5, 0.6) is 0 Å². The highest BCUT2D eigenvalue weighted by Gasteiger charge is 2.27. The van der Waals surface area contributed by atoms with Gasteiger partial charge in [-0.1, -0.05) is 44.2 Å². The number of carboxylic acid groups (broad SMARTS) is 1. The van der Waals surface area contributed by atoms with Crippen molar-refractivity contribution >= 4 is 23.9 Å². The quantitative estimate of drug-likeness (QED) is 0.443. The summed E-state index contributed by atoms with van der Waals surface area (Å²) >= 11 is 0. The van der Waals surface area contributed by atoms with Gasteiger partial charge in [-0.25, -0.2) is 9.59 Å². The van der Waals surface area contributed by atoms with E-state index in [1.807, 2.05) is 19.9 Å². The second-order valence-corrected chi connectivity index (χ2v) is 8.69. The Morgan fingerprint density at radius 3 is 2.13 bits per heavy atom. The summed E-state index contributed by atoms with van der Waals surface area (Å²) in [5.74, 6) is -2.28. The Hall–Kier alpha value is -3.10. The number of carbonyl (C=O) groups is 4. The molecule has 31 heavy (non-hydrogen) atoms. The number of nitrogens with one attached hydrogen (secondary N) is 3. The first-order chi connectivity index (χ1) is 14.4. The van der Waals surface area contributed by atoms with Gasteiger partial charge in [0, 0.05) is 6.42 Å². The third kappa shape index (κ3) is 11.0. The summed E-state index contributed by atoms with van der Waals surface area (Å²) in [6.45, 7) is 8.48. The van der Waals surface area contributed by atoms with E-state index in [4.69, 9.17) is 4.74 Å². The van der Waals surface area contributed by atoms with Gasteiger partial charge >= 0.3 is 12.1 Å². The summed E-state index contributed by atoms with van der Waals surface area (Å²) < 4.78 is 5.07. The van der Waals surface area contributed by atoms with Crippen molar-refractivity contribution in [2.24, 2.45) is 5.92 Å². The monoisotopic (exact) mass is 435 g/mol. The van der Waals surface area contributed by atoms with Gasteiger partial charge in [0.05, 0.1) is 0 Å². The van der Waals surface area contributed by atoms with Gasteiger partial charge in [0.25, 0.3) is 0 Å². The van der Waals surface area contributed by atoms with Crippen molar-refractivity contribution < 1.29 is 29.0 Å². The molecule has 2 unspecified atom stereocenters. The van der Waals surface area contributed by atoms with E-state index in [1.54, 1.807) is 45.0 Å². The highest BCUT2D eigenvalue weighted by Crippen LogP contribution is 2.08. The van der Waals surface area contributed by atoms with E-state index in [0.29, 0.717) is 6.42 Å². The minimum atomic E-state index is -1.17. The van der Waals surface area contributed by atoms with Crippen molar-refractivity contribution in [1.82, 2.24) is 16.0 Å². The smallest absolute Gasteiger partial charge is 0.408 e. The number of benzene rings is 1. The lowest BCUT2D eigenvalue weighted by atomic mass is 10.0. The number of carbonyl (C=O) groups excluding carboxylic acids is 3. The van der Waals surface area contributed by atoms with E-state index in [0.717, 1.165) is 5.56 Å². The molecule has 0 heterocycles. The molecule has 0 aromatic heterocycles. The molecule has 4 N–H and O–H groups in total. The predicted octanol–water partition coefficient (Wildman–Crippen LogP) is 1.85. The van der Waals surface area contributed by atoms with Crippen LogP contribution < -0.4 is 16.0 Å². The summed E-state index contributed by atoms with van der Waals surface area (Å²) in [6, 6.07) is 6.87. The number of amides is 3. The molecule has 0 spiro atoms. The Morgan fingerprint density at radius 1 is 1.00 bits per heavy atom. The molecule has 0 saturated carbocycles. The van der Waals surface area contributed by atoms with E-state index in [-0.39, 0.29) is 18.9 Å².